The van der Waals surface area contributed by atoms with E-state index >= 15 is 0 Å². The molecule has 25 heavy (non-hydrogen) atoms. The smallest absolute Gasteiger partial charge is 0.336 e. The van der Waals surface area contributed by atoms with Gasteiger partial charge in [0.1, 0.15) is 17.9 Å². The molecular weight excluding hydrogens is 404 g/mol. The van der Waals surface area contributed by atoms with Gasteiger partial charge in [-0.2, -0.15) is 0 Å². The molecule has 0 aliphatic carbocycles. The Kier molecular flexibility index (Phi) is 4.24. The zero-order chi connectivity index (χ0) is 17.4. The number of rotatable bonds is 3. The number of hydrogen-bond donors (Lipinski definition) is 0. The zero-order valence-electron chi connectivity index (χ0n) is 13.0. The summed E-state index contributed by atoms with van der Waals surface area (Å²) >= 11 is 9.39. The van der Waals surface area contributed by atoms with Crippen molar-refractivity contribution in [2.45, 2.75) is 6.61 Å². The number of halogens is 2. The molecule has 1 heterocycles. The molecular formula is C20H12BrClO3. The Balaban J connectivity index is 1.83. The van der Waals surface area contributed by atoms with Crippen molar-refractivity contribution in [2.24, 2.45) is 0 Å². The van der Waals surface area contributed by atoms with Gasteiger partial charge in [-0.3, -0.25) is 0 Å². The predicted molar refractivity (Wildman–Crippen MR) is 103 cm³/mol. The van der Waals surface area contributed by atoms with Gasteiger partial charge in [0.2, 0.25) is 0 Å². The monoisotopic (exact) mass is 414 g/mol. The lowest BCUT2D eigenvalue weighted by atomic mass is 10.0. The van der Waals surface area contributed by atoms with Crippen LogP contribution in [0.25, 0.3) is 21.7 Å². The molecule has 0 aliphatic heterocycles. The van der Waals surface area contributed by atoms with Crippen molar-refractivity contribution < 1.29 is 9.15 Å². The average molecular weight is 416 g/mol. The molecule has 1 aromatic heterocycles. The van der Waals surface area contributed by atoms with E-state index in [9.17, 15) is 4.79 Å². The molecule has 0 amide bonds. The minimum atomic E-state index is -0.392. The van der Waals surface area contributed by atoms with Crippen LogP contribution in [0.3, 0.4) is 0 Å². The van der Waals surface area contributed by atoms with E-state index in [1.54, 1.807) is 18.2 Å². The average Bonchev–Trinajstić information content (AvgIpc) is 2.60. The summed E-state index contributed by atoms with van der Waals surface area (Å²) in [6.45, 7) is 0.246. The molecule has 4 rings (SSSR count). The lowest BCUT2D eigenvalue weighted by Crippen LogP contribution is -2.04. The quantitative estimate of drug-likeness (QED) is 0.307. The highest BCUT2D eigenvalue weighted by molar-refractivity contribution is 9.10. The SMILES string of the molecule is O=c1cc(COc2ccc(Cl)cc2Br)c2c(ccc3ccccc32)o1. The summed E-state index contributed by atoms with van der Waals surface area (Å²) in [6.07, 6.45) is 0. The highest BCUT2D eigenvalue weighted by Gasteiger charge is 2.11. The summed E-state index contributed by atoms with van der Waals surface area (Å²) in [4.78, 5) is 11.9. The van der Waals surface area contributed by atoms with Crippen molar-refractivity contribution in [3.63, 3.8) is 0 Å². The van der Waals surface area contributed by atoms with Gasteiger partial charge in [0.25, 0.3) is 0 Å². The standard InChI is InChI=1S/C20H12BrClO3/c21-16-10-14(22)6-8-17(16)24-11-13-9-19(23)25-18-7-5-12-3-1-2-4-15(12)20(13)18/h1-10H,11H2. The lowest BCUT2D eigenvalue weighted by molar-refractivity contribution is 0.305. The fourth-order valence-corrected chi connectivity index (χ4v) is 3.68. The third-order valence-corrected chi connectivity index (χ3v) is 4.85. The van der Waals surface area contributed by atoms with Crippen molar-refractivity contribution in [2.75, 3.05) is 0 Å². The van der Waals surface area contributed by atoms with Crippen molar-refractivity contribution in [3.05, 3.63) is 86.1 Å². The van der Waals surface area contributed by atoms with Crippen molar-refractivity contribution >= 4 is 49.3 Å². The zero-order valence-corrected chi connectivity index (χ0v) is 15.3. The third kappa shape index (κ3) is 3.15. The molecule has 0 unspecified atom stereocenters. The molecule has 0 spiro atoms. The molecule has 0 bridgehead atoms. The maximum absolute atomic E-state index is 11.9. The van der Waals surface area contributed by atoms with Crippen molar-refractivity contribution in [1.82, 2.24) is 0 Å². The van der Waals surface area contributed by atoms with Crippen LogP contribution in [-0.4, -0.2) is 0 Å². The summed E-state index contributed by atoms with van der Waals surface area (Å²) in [7, 11) is 0. The largest absolute Gasteiger partial charge is 0.488 e. The second-order valence-electron chi connectivity index (χ2n) is 5.61. The molecule has 0 atom stereocenters. The fraction of sp³-hybridized carbons (Fsp3) is 0.0500. The van der Waals surface area contributed by atoms with Gasteiger partial charge in [-0.25, -0.2) is 4.79 Å². The number of hydrogen-bond acceptors (Lipinski definition) is 3. The summed E-state index contributed by atoms with van der Waals surface area (Å²) in [6, 6.07) is 18.6. The Labute approximate surface area is 156 Å². The first-order valence-electron chi connectivity index (χ1n) is 7.64. The second kappa shape index (κ2) is 6.54. The van der Waals surface area contributed by atoms with E-state index in [0.29, 0.717) is 16.4 Å². The molecule has 0 saturated carbocycles. The molecule has 3 nitrogen and oxygen atoms in total. The van der Waals surface area contributed by atoms with Gasteiger partial charge in [-0.15, -0.1) is 0 Å². The Morgan fingerprint density at radius 3 is 2.72 bits per heavy atom. The lowest BCUT2D eigenvalue weighted by Gasteiger charge is -2.11. The Morgan fingerprint density at radius 1 is 1.04 bits per heavy atom. The number of ether oxygens (including phenoxy) is 1. The van der Waals surface area contributed by atoms with E-state index in [-0.39, 0.29) is 6.61 Å². The summed E-state index contributed by atoms with van der Waals surface area (Å²) in [5.74, 6) is 0.658. The minimum Gasteiger partial charge on any atom is -0.488 e. The molecule has 4 aromatic rings. The third-order valence-electron chi connectivity index (χ3n) is 3.99. The number of fused-ring (bicyclic) bond motifs is 3. The predicted octanol–water partition coefficient (Wildman–Crippen LogP) is 5.94. The van der Waals surface area contributed by atoms with Crippen LogP contribution in [-0.2, 0) is 6.61 Å². The maximum atomic E-state index is 11.9. The highest BCUT2D eigenvalue weighted by atomic mass is 79.9. The molecule has 3 aromatic carbocycles. The first kappa shape index (κ1) is 16.2. The van der Waals surface area contributed by atoms with Crippen LogP contribution in [0.15, 0.2) is 74.3 Å². The van der Waals surface area contributed by atoms with E-state index < -0.39 is 5.63 Å². The van der Waals surface area contributed by atoms with Gasteiger partial charge in [0, 0.05) is 22.0 Å². The topological polar surface area (TPSA) is 39.4 Å². The van der Waals surface area contributed by atoms with E-state index in [1.807, 2.05) is 36.4 Å². The molecule has 0 N–H and O–H groups in total. The van der Waals surface area contributed by atoms with Crippen molar-refractivity contribution in [1.29, 1.82) is 0 Å². The number of benzene rings is 3. The normalized spacial score (nSPS) is 11.1. The molecule has 0 saturated heterocycles. The van der Waals surface area contributed by atoms with Gasteiger partial charge in [0.05, 0.1) is 4.47 Å². The van der Waals surface area contributed by atoms with Gasteiger partial charge in [-0.05, 0) is 51.0 Å². The molecule has 0 aliphatic rings. The maximum Gasteiger partial charge on any atom is 0.336 e. The van der Waals surface area contributed by atoms with E-state index in [4.69, 9.17) is 20.8 Å². The van der Waals surface area contributed by atoms with Gasteiger partial charge in [0.15, 0.2) is 0 Å². The van der Waals surface area contributed by atoms with Gasteiger partial charge < -0.3 is 9.15 Å². The molecule has 0 radical (unpaired) electrons. The molecule has 124 valence electrons. The summed E-state index contributed by atoms with van der Waals surface area (Å²) in [5.41, 5.74) is 0.946. The van der Waals surface area contributed by atoms with Gasteiger partial charge >= 0.3 is 5.63 Å². The Bertz CT molecular complexity index is 1150. The highest BCUT2D eigenvalue weighted by Crippen LogP contribution is 2.31. The van der Waals surface area contributed by atoms with E-state index in [1.165, 1.54) is 6.07 Å². The summed E-state index contributed by atoms with van der Waals surface area (Å²) < 4.78 is 12.0. The first-order chi connectivity index (χ1) is 12.1. The van der Waals surface area contributed by atoms with Crippen molar-refractivity contribution in [3.8, 4) is 5.75 Å². The Morgan fingerprint density at radius 2 is 1.88 bits per heavy atom. The first-order valence-corrected chi connectivity index (χ1v) is 8.81. The van der Waals surface area contributed by atoms with E-state index in [0.717, 1.165) is 26.2 Å². The molecule has 5 heteroatoms. The van der Waals surface area contributed by atoms with Crippen LogP contribution in [0, 0.1) is 0 Å². The van der Waals surface area contributed by atoms with E-state index in [2.05, 4.69) is 15.9 Å². The summed E-state index contributed by atoms with van der Waals surface area (Å²) in [5, 5.41) is 3.62. The second-order valence-corrected chi connectivity index (χ2v) is 6.90. The van der Waals surface area contributed by atoms with Crippen LogP contribution >= 0.6 is 27.5 Å². The minimum absolute atomic E-state index is 0.246. The van der Waals surface area contributed by atoms with Crippen LogP contribution in [0.1, 0.15) is 5.56 Å². The fourth-order valence-electron chi connectivity index (χ4n) is 2.88. The van der Waals surface area contributed by atoms with Gasteiger partial charge in [-0.1, -0.05) is 41.9 Å². The van der Waals surface area contributed by atoms with Crippen LogP contribution in [0.4, 0.5) is 0 Å². The van der Waals surface area contributed by atoms with Crippen LogP contribution in [0.5, 0.6) is 5.75 Å². The van der Waals surface area contributed by atoms with Crippen LogP contribution < -0.4 is 10.4 Å². The van der Waals surface area contributed by atoms with Crippen LogP contribution in [0.2, 0.25) is 5.02 Å². The molecule has 0 fully saturated rings. The Hall–Kier alpha value is -2.30.